The molecule has 0 aliphatic carbocycles. The third-order valence-corrected chi connectivity index (χ3v) is 3.11. The van der Waals surface area contributed by atoms with Gasteiger partial charge in [0.25, 0.3) is 5.91 Å². The number of carbonyl (C=O) groups is 1. The summed E-state index contributed by atoms with van der Waals surface area (Å²) < 4.78 is 13.0. The lowest BCUT2D eigenvalue weighted by molar-refractivity contribution is 0.0916. The van der Waals surface area contributed by atoms with Crippen molar-refractivity contribution in [3.8, 4) is 0 Å². The van der Waals surface area contributed by atoms with E-state index in [9.17, 15) is 14.3 Å². The van der Waals surface area contributed by atoms with Crippen LogP contribution in [0.3, 0.4) is 0 Å². The molecule has 2 N–H and O–H groups in total. The third kappa shape index (κ3) is 4.36. The van der Waals surface area contributed by atoms with Crippen molar-refractivity contribution >= 4 is 5.91 Å². The number of rotatable bonds is 5. The fraction of sp³-hybridized carbons (Fsp3) is 0.250. The summed E-state index contributed by atoms with van der Waals surface area (Å²) in [6.07, 6.45) is 2.06. The Balaban J connectivity index is 1.92. The van der Waals surface area contributed by atoms with Crippen molar-refractivity contribution in [3.63, 3.8) is 0 Å². The molecule has 1 heterocycles. The van der Waals surface area contributed by atoms with Crippen LogP contribution in [-0.2, 0) is 0 Å². The highest BCUT2D eigenvalue weighted by molar-refractivity contribution is 5.94. The van der Waals surface area contributed by atoms with E-state index in [-0.39, 0.29) is 11.6 Å². The van der Waals surface area contributed by atoms with Crippen LogP contribution in [0.1, 0.15) is 35.4 Å². The fourth-order valence-corrected chi connectivity index (χ4v) is 2.05. The lowest BCUT2D eigenvalue weighted by Gasteiger charge is -2.18. The Labute approximate surface area is 122 Å². The van der Waals surface area contributed by atoms with E-state index >= 15 is 0 Å². The Bertz CT molecular complexity index is 604. The predicted molar refractivity (Wildman–Crippen MR) is 77.1 cm³/mol. The van der Waals surface area contributed by atoms with E-state index in [2.05, 4.69) is 10.3 Å². The number of aromatic nitrogens is 1. The summed E-state index contributed by atoms with van der Waals surface area (Å²) in [5.41, 5.74) is 0.960. The van der Waals surface area contributed by atoms with Gasteiger partial charge in [-0.25, -0.2) is 4.39 Å². The lowest BCUT2D eigenvalue weighted by atomic mass is 10.0. The molecule has 4 nitrogen and oxygen atoms in total. The van der Waals surface area contributed by atoms with E-state index < -0.39 is 17.8 Å². The van der Waals surface area contributed by atoms with Gasteiger partial charge in [-0.3, -0.25) is 9.78 Å². The van der Waals surface area contributed by atoms with Crippen molar-refractivity contribution in [1.29, 1.82) is 0 Å². The van der Waals surface area contributed by atoms with Gasteiger partial charge in [-0.05, 0) is 25.0 Å². The number of nitrogens with zero attached hydrogens (tertiary/aromatic N) is 1. The Morgan fingerprint density at radius 3 is 2.71 bits per heavy atom. The Morgan fingerprint density at radius 1 is 1.33 bits per heavy atom. The van der Waals surface area contributed by atoms with E-state index in [4.69, 9.17) is 0 Å². The normalized spacial score (nSPS) is 13.5. The smallest absolute Gasteiger partial charge is 0.253 e. The van der Waals surface area contributed by atoms with Crippen LogP contribution in [0.4, 0.5) is 4.39 Å². The summed E-state index contributed by atoms with van der Waals surface area (Å²) in [5, 5.41) is 12.8. The first-order chi connectivity index (χ1) is 10.1. The first-order valence-electron chi connectivity index (χ1n) is 6.70. The van der Waals surface area contributed by atoms with Gasteiger partial charge in [0, 0.05) is 12.2 Å². The van der Waals surface area contributed by atoms with E-state index in [1.807, 2.05) is 30.3 Å². The molecule has 1 aromatic heterocycles. The Morgan fingerprint density at radius 2 is 2.05 bits per heavy atom. The highest BCUT2D eigenvalue weighted by atomic mass is 19.1. The average molecular weight is 288 g/mol. The van der Waals surface area contributed by atoms with Crippen molar-refractivity contribution < 1.29 is 14.3 Å². The van der Waals surface area contributed by atoms with Crippen LogP contribution in [0, 0.1) is 5.82 Å². The second kappa shape index (κ2) is 6.95. The number of pyridine rings is 1. The van der Waals surface area contributed by atoms with Crippen molar-refractivity contribution in [3.05, 3.63) is 65.7 Å². The second-order valence-electron chi connectivity index (χ2n) is 4.93. The molecule has 1 aromatic carbocycles. The molecule has 0 aliphatic heterocycles. The number of halogens is 1. The molecule has 0 bridgehead atoms. The molecule has 110 valence electrons. The zero-order valence-electron chi connectivity index (χ0n) is 11.7. The molecule has 0 saturated carbocycles. The number of aliphatic hydroxyl groups is 1. The number of benzene rings is 1. The highest BCUT2D eigenvalue weighted by Crippen LogP contribution is 2.17. The second-order valence-corrected chi connectivity index (χ2v) is 4.93. The van der Waals surface area contributed by atoms with Gasteiger partial charge in [-0.1, -0.05) is 30.3 Å². The number of aliphatic hydroxyl groups excluding tert-OH is 1. The summed E-state index contributed by atoms with van der Waals surface area (Å²) in [5.74, 6) is -0.964. The minimum atomic E-state index is -0.660. The van der Waals surface area contributed by atoms with E-state index in [1.54, 1.807) is 6.92 Å². The van der Waals surface area contributed by atoms with Crippen LogP contribution in [0.15, 0.2) is 48.8 Å². The third-order valence-electron chi connectivity index (χ3n) is 3.11. The molecule has 2 rings (SSSR count). The summed E-state index contributed by atoms with van der Waals surface area (Å²) in [4.78, 5) is 15.6. The number of hydrogen-bond acceptors (Lipinski definition) is 3. The number of amides is 1. The van der Waals surface area contributed by atoms with Crippen molar-refractivity contribution in [2.75, 3.05) is 0 Å². The molecular weight excluding hydrogens is 271 g/mol. The van der Waals surface area contributed by atoms with Crippen LogP contribution in [0.2, 0.25) is 0 Å². The van der Waals surface area contributed by atoms with Gasteiger partial charge in [0.2, 0.25) is 0 Å². The average Bonchev–Trinajstić information content (AvgIpc) is 2.48. The molecule has 0 aliphatic rings. The minimum Gasteiger partial charge on any atom is -0.388 e. The van der Waals surface area contributed by atoms with Gasteiger partial charge >= 0.3 is 0 Å². The number of carbonyl (C=O) groups excluding carboxylic acids is 1. The molecular formula is C16H17FN2O2. The molecule has 1 amide bonds. The van der Waals surface area contributed by atoms with Crippen LogP contribution < -0.4 is 5.32 Å². The largest absolute Gasteiger partial charge is 0.388 e. The van der Waals surface area contributed by atoms with E-state index in [0.29, 0.717) is 6.42 Å². The van der Waals surface area contributed by atoms with Gasteiger partial charge in [0.1, 0.15) is 5.82 Å². The van der Waals surface area contributed by atoms with Crippen LogP contribution in [0.5, 0.6) is 0 Å². The van der Waals surface area contributed by atoms with Crippen molar-refractivity contribution in [2.45, 2.75) is 25.5 Å². The van der Waals surface area contributed by atoms with Gasteiger partial charge in [0.05, 0.1) is 17.9 Å². The highest BCUT2D eigenvalue weighted by Gasteiger charge is 2.15. The summed E-state index contributed by atoms with van der Waals surface area (Å²) in [6.45, 7) is 1.79. The van der Waals surface area contributed by atoms with Gasteiger partial charge in [-0.15, -0.1) is 0 Å². The molecule has 5 heteroatoms. The molecule has 0 saturated heterocycles. The zero-order chi connectivity index (χ0) is 15.2. The van der Waals surface area contributed by atoms with Crippen molar-refractivity contribution in [2.24, 2.45) is 0 Å². The predicted octanol–water partition coefficient (Wildman–Crippen LogP) is 2.46. The molecule has 2 unspecified atom stereocenters. The monoisotopic (exact) mass is 288 g/mol. The van der Waals surface area contributed by atoms with Gasteiger partial charge in [-0.2, -0.15) is 0 Å². The standard InChI is InChI=1S/C16H17FN2O2/c1-11(7-15(20)12-5-3-2-4-6-12)19-16(21)13-8-14(17)10-18-9-13/h2-6,8-11,15,20H,7H2,1H3,(H,19,21). The first-order valence-corrected chi connectivity index (χ1v) is 6.70. The summed E-state index contributed by atoms with van der Waals surface area (Å²) >= 11 is 0. The topological polar surface area (TPSA) is 62.2 Å². The van der Waals surface area contributed by atoms with Crippen LogP contribution in [-0.4, -0.2) is 22.0 Å². The molecule has 0 radical (unpaired) electrons. The minimum absolute atomic E-state index is 0.163. The van der Waals surface area contributed by atoms with E-state index in [1.165, 1.54) is 6.20 Å². The van der Waals surface area contributed by atoms with Gasteiger partial charge < -0.3 is 10.4 Å². The number of nitrogens with one attached hydrogen (secondary N) is 1. The zero-order valence-corrected chi connectivity index (χ0v) is 11.7. The molecule has 2 aromatic rings. The maximum atomic E-state index is 13.0. The SMILES string of the molecule is CC(CC(O)c1ccccc1)NC(=O)c1cncc(F)c1. The molecule has 21 heavy (non-hydrogen) atoms. The quantitative estimate of drug-likeness (QED) is 0.888. The Kier molecular flexibility index (Phi) is 5.00. The maximum Gasteiger partial charge on any atom is 0.253 e. The van der Waals surface area contributed by atoms with E-state index in [0.717, 1.165) is 17.8 Å². The Hall–Kier alpha value is -2.27. The van der Waals surface area contributed by atoms with Crippen LogP contribution >= 0.6 is 0 Å². The first kappa shape index (κ1) is 15.1. The lowest BCUT2D eigenvalue weighted by Crippen LogP contribution is -2.33. The molecule has 2 atom stereocenters. The maximum absolute atomic E-state index is 13.0. The number of hydrogen-bond donors (Lipinski definition) is 2. The van der Waals surface area contributed by atoms with Crippen molar-refractivity contribution in [1.82, 2.24) is 10.3 Å². The molecule has 0 spiro atoms. The molecule has 0 fully saturated rings. The fourth-order valence-electron chi connectivity index (χ4n) is 2.05. The summed E-state index contributed by atoms with van der Waals surface area (Å²) in [6, 6.07) is 10.1. The van der Waals surface area contributed by atoms with Gasteiger partial charge in [0.15, 0.2) is 0 Å². The summed E-state index contributed by atoms with van der Waals surface area (Å²) in [7, 11) is 0. The van der Waals surface area contributed by atoms with Crippen LogP contribution in [0.25, 0.3) is 0 Å².